The first kappa shape index (κ1) is 14.7. The Hall–Kier alpha value is -1.31. The minimum absolute atomic E-state index is 0.0247. The van der Waals surface area contributed by atoms with Crippen molar-refractivity contribution in [3.05, 3.63) is 31.6 Å². The molecule has 0 aliphatic carbocycles. The van der Waals surface area contributed by atoms with Crippen LogP contribution in [0.25, 0.3) is 0 Å². The Kier molecular flexibility index (Phi) is 4.20. The highest BCUT2D eigenvalue weighted by Gasteiger charge is 2.42. The number of aromatic amines is 1. The fraction of sp³-hybridized carbons (Fsp3) is 0.556. The lowest BCUT2D eigenvalue weighted by Gasteiger charge is -2.16. The third-order valence-electron chi connectivity index (χ3n) is 2.27. The van der Waals surface area contributed by atoms with E-state index in [0.717, 1.165) is 0 Å². The van der Waals surface area contributed by atoms with Crippen LogP contribution in [-0.4, -0.2) is 21.9 Å². The predicted octanol–water partition coefficient (Wildman–Crippen LogP) is 1.65. The Labute approximate surface area is 103 Å². The van der Waals surface area contributed by atoms with Gasteiger partial charge in [0.1, 0.15) is 11.7 Å². The maximum atomic E-state index is 12.8. The van der Waals surface area contributed by atoms with Gasteiger partial charge in [0.25, 0.3) is 5.56 Å². The molecule has 0 bridgehead atoms. The van der Waals surface area contributed by atoms with Gasteiger partial charge >= 0.3 is 18.0 Å². The Morgan fingerprint density at radius 3 is 2.39 bits per heavy atom. The summed E-state index contributed by atoms with van der Waals surface area (Å²) in [5.74, 6) is -4.46. The molecule has 0 aromatic carbocycles. The van der Waals surface area contributed by atoms with Gasteiger partial charge < -0.3 is 0 Å². The third-order valence-corrected chi connectivity index (χ3v) is 2.59. The summed E-state index contributed by atoms with van der Waals surface area (Å²) in [5, 5.41) is -0.274. The van der Waals surface area contributed by atoms with Crippen molar-refractivity contribution < 1.29 is 17.6 Å². The van der Waals surface area contributed by atoms with Gasteiger partial charge in [-0.1, -0.05) is 18.5 Å². The van der Waals surface area contributed by atoms with E-state index >= 15 is 0 Å². The zero-order chi connectivity index (χ0) is 14.1. The molecule has 0 aliphatic heterocycles. The number of rotatable bonds is 4. The van der Waals surface area contributed by atoms with E-state index in [1.165, 1.54) is 6.92 Å². The molecule has 0 saturated carbocycles. The fourth-order valence-electron chi connectivity index (χ4n) is 1.32. The summed E-state index contributed by atoms with van der Waals surface area (Å²) in [6.07, 6.45) is -3.89. The Bertz CT molecular complexity index is 552. The molecule has 0 amide bonds. The van der Waals surface area contributed by atoms with Crippen molar-refractivity contribution in [3.8, 4) is 0 Å². The molecule has 0 spiro atoms. The van der Waals surface area contributed by atoms with E-state index in [1.807, 2.05) is 4.98 Å². The molecule has 4 nitrogen and oxygen atoms in total. The van der Waals surface area contributed by atoms with E-state index in [-0.39, 0.29) is 21.7 Å². The molecule has 0 aliphatic rings. The number of nitrogens with one attached hydrogen (secondary N) is 1. The Morgan fingerprint density at radius 2 is 1.94 bits per heavy atom. The second-order valence-electron chi connectivity index (χ2n) is 3.53. The van der Waals surface area contributed by atoms with Gasteiger partial charge in [0, 0.05) is 0 Å². The largest absolute Gasteiger partial charge is 0.329 e. The summed E-state index contributed by atoms with van der Waals surface area (Å²) < 4.78 is 49.7. The van der Waals surface area contributed by atoms with Crippen LogP contribution in [0.1, 0.15) is 12.5 Å². The highest BCUT2D eigenvalue weighted by Crippen LogP contribution is 2.23. The van der Waals surface area contributed by atoms with Gasteiger partial charge in [0.05, 0.1) is 5.56 Å². The van der Waals surface area contributed by atoms with Crippen LogP contribution >= 0.6 is 11.6 Å². The number of aromatic nitrogens is 2. The number of hydrogen-bond acceptors (Lipinski definition) is 2. The summed E-state index contributed by atoms with van der Waals surface area (Å²) in [4.78, 5) is 24.9. The van der Waals surface area contributed by atoms with Crippen molar-refractivity contribution in [2.75, 3.05) is 0 Å². The normalized spacial score (nSPS) is 12.2. The molecule has 102 valence electrons. The molecular formula is C9H9ClF4N2O2. The lowest BCUT2D eigenvalue weighted by Crippen LogP contribution is -2.44. The second-order valence-corrected chi connectivity index (χ2v) is 3.91. The van der Waals surface area contributed by atoms with Crippen LogP contribution in [0.15, 0.2) is 9.59 Å². The van der Waals surface area contributed by atoms with E-state index < -0.39 is 30.1 Å². The van der Waals surface area contributed by atoms with Gasteiger partial charge in [-0.05, 0) is 6.42 Å². The van der Waals surface area contributed by atoms with Crippen LogP contribution in [-0.2, 0) is 13.0 Å². The minimum atomic E-state index is -4.46. The van der Waals surface area contributed by atoms with E-state index in [9.17, 15) is 27.2 Å². The van der Waals surface area contributed by atoms with Gasteiger partial charge in [-0.15, -0.1) is 0 Å². The van der Waals surface area contributed by atoms with E-state index in [0.29, 0.717) is 0 Å². The topological polar surface area (TPSA) is 54.9 Å². The van der Waals surface area contributed by atoms with Gasteiger partial charge in [-0.2, -0.15) is 8.78 Å². The first-order valence-electron chi connectivity index (χ1n) is 4.88. The zero-order valence-electron chi connectivity index (χ0n) is 9.15. The van der Waals surface area contributed by atoms with Crippen molar-refractivity contribution in [1.82, 2.24) is 9.55 Å². The Morgan fingerprint density at radius 1 is 1.39 bits per heavy atom. The van der Waals surface area contributed by atoms with Crippen LogP contribution in [0.5, 0.6) is 0 Å². The molecule has 0 saturated heterocycles. The van der Waals surface area contributed by atoms with Crippen LogP contribution in [0.3, 0.4) is 0 Å². The summed E-state index contributed by atoms with van der Waals surface area (Å²) in [5.41, 5.74) is -2.45. The Balaban J connectivity index is 3.35. The minimum Gasteiger partial charge on any atom is -0.297 e. The van der Waals surface area contributed by atoms with Crippen LogP contribution in [0.2, 0.25) is 5.15 Å². The molecule has 9 heteroatoms. The standard InChI is InChI=1S/C9H9ClF4N2O2/c1-2-4-5(10)15-8(18)16(6(4)17)3-9(13,14)7(11)12/h7H,2-3H2,1H3,(H,15,18). The highest BCUT2D eigenvalue weighted by molar-refractivity contribution is 6.30. The van der Waals surface area contributed by atoms with Crippen LogP contribution in [0, 0.1) is 0 Å². The average molecular weight is 289 g/mol. The molecule has 0 radical (unpaired) electrons. The predicted molar refractivity (Wildman–Crippen MR) is 56.7 cm³/mol. The zero-order valence-corrected chi connectivity index (χ0v) is 9.90. The molecule has 1 N–H and O–H groups in total. The summed E-state index contributed by atoms with van der Waals surface area (Å²) in [6.45, 7) is -0.181. The van der Waals surface area contributed by atoms with Crippen molar-refractivity contribution >= 4 is 11.6 Å². The smallest absolute Gasteiger partial charge is 0.297 e. The first-order valence-corrected chi connectivity index (χ1v) is 5.26. The summed E-state index contributed by atoms with van der Waals surface area (Å²) in [7, 11) is 0. The second kappa shape index (κ2) is 5.13. The molecule has 1 rings (SSSR count). The lowest BCUT2D eigenvalue weighted by atomic mass is 10.2. The SMILES string of the molecule is CCc1c(Cl)[nH]c(=O)n(CC(F)(F)C(F)F)c1=O. The summed E-state index contributed by atoms with van der Waals surface area (Å²) in [6, 6.07) is 0. The van der Waals surface area contributed by atoms with E-state index in [2.05, 4.69) is 0 Å². The van der Waals surface area contributed by atoms with Crippen molar-refractivity contribution in [3.63, 3.8) is 0 Å². The third kappa shape index (κ3) is 2.74. The number of nitrogens with zero attached hydrogens (tertiary/aromatic N) is 1. The molecular weight excluding hydrogens is 280 g/mol. The van der Waals surface area contributed by atoms with Crippen LogP contribution in [0.4, 0.5) is 17.6 Å². The maximum absolute atomic E-state index is 12.8. The van der Waals surface area contributed by atoms with Gasteiger partial charge in [0.2, 0.25) is 0 Å². The maximum Gasteiger partial charge on any atom is 0.329 e. The average Bonchev–Trinajstić information content (AvgIpc) is 2.24. The number of halogens is 5. The molecule has 1 aromatic heterocycles. The van der Waals surface area contributed by atoms with E-state index in [1.54, 1.807) is 0 Å². The molecule has 1 heterocycles. The number of alkyl halides is 4. The highest BCUT2D eigenvalue weighted by atomic mass is 35.5. The number of hydrogen-bond donors (Lipinski definition) is 1. The molecule has 0 unspecified atom stereocenters. The molecule has 0 fully saturated rings. The number of H-pyrrole nitrogens is 1. The van der Waals surface area contributed by atoms with Gasteiger partial charge in [-0.3, -0.25) is 14.3 Å². The van der Waals surface area contributed by atoms with Gasteiger partial charge in [-0.25, -0.2) is 13.6 Å². The molecule has 1 aromatic rings. The van der Waals surface area contributed by atoms with Gasteiger partial charge in [0.15, 0.2) is 0 Å². The van der Waals surface area contributed by atoms with E-state index in [4.69, 9.17) is 11.6 Å². The fourth-order valence-corrected chi connectivity index (χ4v) is 1.61. The van der Waals surface area contributed by atoms with Crippen LogP contribution < -0.4 is 11.2 Å². The van der Waals surface area contributed by atoms with Crippen molar-refractivity contribution in [1.29, 1.82) is 0 Å². The summed E-state index contributed by atoms with van der Waals surface area (Å²) >= 11 is 5.54. The molecule has 0 atom stereocenters. The lowest BCUT2D eigenvalue weighted by molar-refractivity contribution is -0.138. The van der Waals surface area contributed by atoms with Crippen molar-refractivity contribution in [2.24, 2.45) is 0 Å². The monoisotopic (exact) mass is 288 g/mol. The first-order chi connectivity index (χ1) is 8.20. The van der Waals surface area contributed by atoms with Crippen molar-refractivity contribution in [2.45, 2.75) is 32.2 Å². The quantitative estimate of drug-likeness (QED) is 0.676. The molecule has 18 heavy (non-hydrogen) atoms.